The number of sulfonamides is 1. The van der Waals surface area contributed by atoms with E-state index in [0.717, 1.165) is 11.3 Å². The van der Waals surface area contributed by atoms with Gasteiger partial charge in [-0.1, -0.05) is 40.9 Å². The summed E-state index contributed by atoms with van der Waals surface area (Å²) in [7, 11) is -3.91. The van der Waals surface area contributed by atoms with Crippen molar-refractivity contribution in [2.24, 2.45) is 0 Å². The third-order valence-electron chi connectivity index (χ3n) is 5.40. The SMILES string of the molecule is CCOC(=O)c1c(C)n(-c2ccc(C)cc2)c2c(Cl)cc(NS(=O)(=O)c3ccc(Cl)cc3)cc12. The van der Waals surface area contributed by atoms with Crippen LogP contribution >= 0.6 is 23.2 Å². The molecule has 0 bridgehead atoms. The Bertz CT molecular complexity index is 1490. The lowest BCUT2D eigenvalue weighted by molar-refractivity contribution is 0.0527. The van der Waals surface area contributed by atoms with E-state index in [1.54, 1.807) is 19.9 Å². The number of nitrogens with one attached hydrogen (secondary N) is 1. The Hall–Kier alpha value is -3.00. The summed E-state index contributed by atoms with van der Waals surface area (Å²) in [6.07, 6.45) is 0. The van der Waals surface area contributed by atoms with Crippen molar-refractivity contribution in [3.63, 3.8) is 0 Å². The van der Waals surface area contributed by atoms with Gasteiger partial charge in [0.15, 0.2) is 0 Å². The van der Waals surface area contributed by atoms with Gasteiger partial charge < -0.3 is 9.30 Å². The molecule has 0 unspecified atom stereocenters. The molecular formula is C25H22Cl2N2O4S. The number of hydrogen-bond acceptors (Lipinski definition) is 4. The summed E-state index contributed by atoms with van der Waals surface area (Å²) < 4.78 is 35.5. The molecule has 9 heteroatoms. The molecule has 1 N–H and O–H groups in total. The molecule has 0 saturated heterocycles. The van der Waals surface area contributed by atoms with Crippen LogP contribution in [0.5, 0.6) is 0 Å². The lowest BCUT2D eigenvalue weighted by Crippen LogP contribution is -2.13. The molecule has 6 nitrogen and oxygen atoms in total. The highest BCUT2D eigenvalue weighted by atomic mass is 35.5. The Balaban J connectivity index is 1.91. The monoisotopic (exact) mass is 516 g/mol. The number of carbonyl (C=O) groups excluding carboxylic acids is 1. The highest BCUT2D eigenvalue weighted by Gasteiger charge is 2.25. The molecule has 0 aliphatic carbocycles. The average Bonchev–Trinajstić information content (AvgIpc) is 3.07. The normalized spacial score (nSPS) is 11.6. The lowest BCUT2D eigenvalue weighted by atomic mass is 10.1. The van der Waals surface area contributed by atoms with Crippen LogP contribution in [0.1, 0.15) is 28.5 Å². The summed E-state index contributed by atoms with van der Waals surface area (Å²) in [6, 6.07) is 16.7. The molecule has 34 heavy (non-hydrogen) atoms. The van der Waals surface area contributed by atoms with Gasteiger partial charge in [0.05, 0.1) is 33.3 Å². The minimum atomic E-state index is -3.91. The van der Waals surface area contributed by atoms with Crippen LogP contribution in [0.4, 0.5) is 5.69 Å². The number of ether oxygens (including phenoxy) is 1. The number of aromatic nitrogens is 1. The zero-order valence-electron chi connectivity index (χ0n) is 18.7. The largest absolute Gasteiger partial charge is 0.462 e. The first-order valence-corrected chi connectivity index (χ1v) is 12.7. The van der Waals surface area contributed by atoms with E-state index >= 15 is 0 Å². The number of aryl methyl sites for hydroxylation is 1. The van der Waals surface area contributed by atoms with Gasteiger partial charge in [-0.3, -0.25) is 4.72 Å². The quantitative estimate of drug-likeness (QED) is 0.295. The van der Waals surface area contributed by atoms with E-state index < -0.39 is 16.0 Å². The van der Waals surface area contributed by atoms with Gasteiger partial charge in [-0.05, 0) is 69.3 Å². The minimum Gasteiger partial charge on any atom is -0.462 e. The number of fused-ring (bicyclic) bond motifs is 1. The third kappa shape index (κ3) is 4.51. The molecule has 0 spiro atoms. The second-order valence-corrected chi connectivity index (χ2v) is 10.3. The highest BCUT2D eigenvalue weighted by molar-refractivity contribution is 7.92. The van der Waals surface area contributed by atoms with Gasteiger partial charge in [0.25, 0.3) is 10.0 Å². The molecule has 0 aliphatic rings. The predicted molar refractivity (Wildman–Crippen MR) is 136 cm³/mol. The molecule has 0 aliphatic heterocycles. The molecule has 176 valence electrons. The van der Waals surface area contributed by atoms with Gasteiger partial charge in [-0.25, -0.2) is 13.2 Å². The molecule has 0 amide bonds. The second kappa shape index (κ2) is 9.33. The van der Waals surface area contributed by atoms with Crippen molar-refractivity contribution < 1.29 is 17.9 Å². The van der Waals surface area contributed by atoms with E-state index in [1.807, 2.05) is 35.8 Å². The Morgan fingerprint density at radius 3 is 2.26 bits per heavy atom. The number of hydrogen-bond donors (Lipinski definition) is 1. The third-order valence-corrected chi connectivity index (χ3v) is 7.34. The smallest absolute Gasteiger partial charge is 0.340 e. The van der Waals surface area contributed by atoms with Crippen LogP contribution in [-0.2, 0) is 14.8 Å². The summed E-state index contributed by atoms with van der Waals surface area (Å²) in [4.78, 5) is 13.0. The summed E-state index contributed by atoms with van der Waals surface area (Å²) >= 11 is 12.6. The second-order valence-electron chi connectivity index (χ2n) is 7.77. The first kappa shape index (κ1) is 24.1. The molecule has 0 saturated carbocycles. The number of benzene rings is 3. The van der Waals surface area contributed by atoms with Crippen LogP contribution in [0.3, 0.4) is 0 Å². The van der Waals surface area contributed by atoms with Crippen LogP contribution in [0, 0.1) is 13.8 Å². The number of nitrogens with zero attached hydrogens (tertiary/aromatic N) is 1. The van der Waals surface area contributed by atoms with Crippen LogP contribution in [0.15, 0.2) is 65.6 Å². The standard InChI is InChI=1S/C25H22Cl2N2O4S/c1-4-33-25(30)23-16(3)29(19-9-5-15(2)6-10-19)24-21(23)13-18(14-22(24)27)28-34(31,32)20-11-7-17(26)8-12-20/h5-14,28H,4H2,1-3H3. The maximum absolute atomic E-state index is 12.9. The van der Waals surface area contributed by atoms with E-state index in [1.165, 1.54) is 30.3 Å². The van der Waals surface area contributed by atoms with Crippen molar-refractivity contribution >= 4 is 55.8 Å². The van der Waals surface area contributed by atoms with E-state index in [9.17, 15) is 13.2 Å². The summed E-state index contributed by atoms with van der Waals surface area (Å²) in [5.41, 5.74) is 3.68. The molecule has 3 aromatic carbocycles. The van der Waals surface area contributed by atoms with E-state index in [0.29, 0.717) is 27.2 Å². The van der Waals surface area contributed by atoms with Gasteiger partial charge in [-0.15, -0.1) is 0 Å². The van der Waals surface area contributed by atoms with Crippen molar-refractivity contribution in [2.45, 2.75) is 25.7 Å². The predicted octanol–water partition coefficient (Wildman–Crippen LogP) is 6.53. The molecule has 4 rings (SSSR count). The van der Waals surface area contributed by atoms with Crippen molar-refractivity contribution in [1.82, 2.24) is 4.57 Å². The molecule has 0 radical (unpaired) electrons. The van der Waals surface area contributed by atoms with E-state index in [2.05, 4.69) is 4.72 Å². The summed E-state index contributed by atoms with van der Waals surface area (Å²) in [5, 5.41) is 1.19. The first-order valence-electron chi connectivity index (χ1n) is 10.5. The van der Waals surface area contributed by atoms with Crippen molar-refractivity contribution in [1.29, 1.82) is 0 Å². The van der Waals surface area contributed by atoms with Gasteiger partial charge in [0, 0.05) is 21.8 Å². The fraction of sp³-hybridized carbons (Fsp3) is 0.160. The van der Waals surface area contributed by atoms with Gasteiger partial charge in [-0.2, -0.15) is 0 Å². The van der Waals surface area contributed by atoms with Crippen LogP contribution in [0.25, 0.3) is 16.6 Å². The number of anilines is 1. The Morgan fingerprint density at radius 1 is 1.00 bits per heavy atom. The first-order chi connectivity index (χ1) is 16.1. The summed E-state index contributed by atoms with van der Waals surface area (Å²) in [6.45, 7) is 5.72. The fourth-order valence-electron chi connectivity index (χ4n) is 3.86. The van der Waals surface area contributed by atoms with Gasteiger partial charge in [0.1, 0.15) is 0 Å². The zero-order chi connectivity index (χ0) is 24.6. The van der Waals surface area contributed by atoms with E-state index in [-0.39, 0.29) is 22.2 Å². The van der Waals surface area contributed by atoms with Crippen molar-refractivity contribution in [3.8, 4) is 5.69 Å². The van der Waals surface area contributed by atoms with Crippen molar-refractivity contribution in [2.75, 3.05) is 11.3 Å². The van der Waals surface area contributed by atoms with Crippen molar-refractivity contribution in [3.05, 3.63) is 87.5 Å². The lowest BCUT2D eigenvalue weighted by Gasteiger charge is -2.12. The van der Waals surface area contributed by atoms with Gasteiger partial charge >= 0.3 is 5.97 Å². The number of carbonyl (C=O) groups is 1. The topological polar surface area (TPSA) is 77.4 Å². The molecule has 0 fully saturated rings. The van der Waals surface area contributed by atoms with E-state index in [4.69, 9.17) is 27.9 Å². The highest BCUT2D eigenvalue weighted by Crippen LogP contribution is 2.37. The number of halogens is 2. The van der Waals surface area contributed by atoms with Crippen LogP contribution < -0.4 is 4.72 Å². The van der Waals surface area contributed by atoms with Crippen LogP contribution in [-0.4, -0.2) is 25.6 Å². The molecular weight excluding hydrogens is 495 g/mol. The number of esters is 1. The maximum atomic E-state index is 12.9. The molecule has 1 aromatic heterocycles. The maximum Gasteiger partial charge on any atom is 0.340 e. The molecule has 0 atom stereocenters. The van der Waals surface area contributed by atoms with Gasteiger partial charge in [0.2, 0.25) is 0 Å². The molecule has 1 heterocycles. The Labute approximate surface area is 208 Å². The minimum absolute atomic E-state index is 0.0483. The Kier molecular flexibility index (Phi) is 6.62. The number of rotatable bonds is 6. The summed E-state index contributed by atoms with van der Waals surface area (Å²) in [5.74, 6) is -0.510. The zero-order valence-corrected chi connectivity index (χ0v) is 21.1. The average molecular weight is 517 g/mol. The van der Waals surface area contributed by atoms with Crippen LogP contribution in [0.2, 0.25) is 10.0 Å². The molecule has 4 aromatic rings. The Morgan fingerprint density at radius 2 is 1.65 bits per heavy atom. The fourth-order valence-corrected chi connectivity index (χ4v) is 5.33.